The molecule has 0 atom stereocenters. The number of fused-ring (bicyclic) bond motifs is 1. The molecule has 0 saturated carbocycles. The van der Waals surface area contributed by atoms with E-state index in [1.165, 1.54) is 11.3 Å². The van der Waals surface area contributed by atoms with Crippen LogP contribution in [0.1, 0.15) is 22.3 Å². The van der Waals surface area contributed by atoms with Crippen LogP contribution in [0.5, 0.6) is 0 Å². The monoisotopic (exact) mass is 460 g/mol. The molecule has 0 aliphatic heterocycles. The average Bonchev–Trinajstić information content (AvgIpc) is 3.48. The molecule has 0 spiro atoms. The summed E-state index contributed by atoms with van der Waals surface area (Å²) in [5.41, 5.74) is 2.52. The summed E-state index contributed by atoms with van der Waals surface area (Å²) in [6.45, 7) is 2.00. The minimum atomic E-state index is -0.276. The molecule has 0 aliphatic rings. The number of carbonyl (C=O) groups is 1. The Hall–Kier alpha value is -3.55. The van der Waals surface area contributed by atoms with Crippen LogP contribution in [0.2, 0.25) is 5.02 Å². The summed E-state index contributed by atoms with van der Waals surface area (Å²) in [6.07, 6.45) is 0.766. The SMILES string of the molecule is CCc1nnc(NC(=O)c2cc(-c3ccc(-c4ccccc4Cl)o3)nc3ccccc23)s1. The van der Waals surface area contributed by atoms with E-state index in [2.05, 4.69) is 15.5 Å². The number of aryl methyl sites for hydroxylation is 1. The van der Waals surface area contributed by atoms with E-state index in [1.54, 1.807) is 6.07 Å². The Labute approximate surface area is 192 Å². The lowest BCUT2D eigenvalue weighted by molar-refractivity contribution is 0.102. The third-order valence-corrected chi connectivity index (χ3v) is 6.26. The summed E-state index contributed by atoms with van der Waals surface area (Å²) in [7, 11) is 0. The number of hydrogen-bond acceptors (Lipinski definition) is 6. The van der Waals surface area contributed by atoms with Gasteiger partial charge < -0.3 is 4.42 Å². The van der Waals surface area contributed by atoms with E-state index in [1.807, 2.05) is 67.6 Å². The number of carbonyl (C=O) groups excluding carboxylic acids is 1. The van der Waals surface area contributed by atoms with Gasteiger partial charge in [0.2, 0.25) is 5.13 Å². The molecule has 1 N–H and O–H groups in total. The minimum Gasteiger partial charge on any atom is -0.454 e. The molecule has 0 aliphatic carbocycles. The maximum atomic E-state index is 13.1. The second-order valence-corrected chi connectivity index (χ2v) is 8.49. The topological polar surface area (TPSA) is 80.9 Å². The number of benzene rings is 2. The van der Waals surface area contributed by atoms with Gasteiger partial charge in [0, 0.05) is 10.9 Å². The Balaban J connectivity index is 1.55. The fourth-order valence-corrected chi connectivity index (χ4v) is 4.29. The van der Waals surface area contributed by atoms with Crippen molar-refractivity contribution in [3.8, 4) is 22.8 Å². The van der Waals surface area contributed by atoms with Crippen molar-refractivity contribution in [2.45, 2.75) is 13.3 Å². The molecule has 8 heteroatoms. The first-order valence-electron chi connectivity index (χ1n) is 10.0. The smallest absolute Gasteiger partial charge is 0.258 e. The Morgan fingerprint density at radius 2 is 1.81 bits per heavy atom. The average molecular weight is 461 g/mol. The van der Waals surface area contributed by atoms with E-state index in [-0.39, 0.29) is 5.91 Å². The molecule has 32 heavy (non-hydrogen) atoms. The Kier molecular flexibility index (Phi) is 5.43. The second kappa shape index (κ2) is 8.53. The van der Waals surface area contributed by atoms with Crippen LogP contribution in [0.25, 0.3) is 33.7 Å². The van der Waals surface area contributed by atoms with E-state index in [9.17, 15) is 4.79 Å². The van der Waals surface area contributed by atoms with Crippen LogP contribution in [-0.2, 0) is 6.42 Å². The van der Waals surface area contributed by atoms with Gasteiger partial charge in [-0.3, -0.25) is 10.1 Å². The molecule has 2 aromatic carbocycles. The Bertz CT molecular complexity index is 1440. The first-order valence-corrected chi connectivity index (χ1v) is 11.2. The van der Waals surface area contributed by atoms with Gasteiger partial charge in [-0.15, -0.1) is 10.2 Å². The fraction of sp³-hybridized carbons (Fsp3) is 0.0833. The fourth-order valence-electron chi connectivity index (χ4n) is 3.38. The van der Waals surface area contributed by atoms with Crippen molar-refractivity contribution in [2.75, 3.05) is 5.32 Å². The van der Waals surface area contributed by atoms with E-state index >= 15 is 0 Å². The van der Waals surface area contributed by atoms with Crippen LogP contribution < -0.4 is 5.32 Å². The summed E-state index contributed by atoms with van der Waals surface area (Å²) >= 11 is 7.67. The molecule has 1 amide bonds. The van der Waals surface area contributed by atoms with Crippen LogP contribution >= 0.6 is 22.9 Å². The van der Waals surface area contributed by atoms with Crippen molar-refractivity contribution in [1.29, 1.82) is 0 Å². The van der Waals surface area contributed by atoms with Crippen LogP contribution in [0.4, 0.5) is 5.13 Å². The van der Waals surface area contributed by atoms with Gasteiger partial charge in [-0.25, -0.2) is 4.98 Å². The molecule has 0 unspecified atom stereocenters. The van der Waals surface area contributed by atoms with Gasteiger partial charge in [0.15, 0.2) is 5.76 Å². The van der Waals surface area contributed by atoms with Crippen molar-refractivity contribution in [3.63, 3.8) is 0 Å². The molecule has 5 rings (SSSR count). The number of nitrogens with one attached hydrogen (secondary N) is 1. The van der Waals surface area contributed by atoms with Gasteiger partial charge in [-0.1, -0.05) is 60.2 Å². The molecule has 158 valence electrons. The molecule has 0 fully saturated rings. The standard InChI is InChI=1S/C24H17ClN4O2S/c1-2-22-28-29-24(32-22)27-23(30)16-13-19(26-18-10-6-4-7-14(16)18)21-12-11-20(31-21)15-8-3-5-9-17(15)25/h3-13H,2H2,1H3,(H,27,29,30). The maximum absolute atomic E-state index is 13.1. The normalized spacial score (nSPS) is 11.1. The summed E-state index contributed by atoms with van der Waals surface area (Å²) in [4.78, 5) is 17.8. The van der Waals surface area contributed by atoms with E-state index in [0.29, 0.717) is 38.4 Å². The summed E-state index contributed by atoms with van der Waals surface area (Å²) in [6, 6.07) is 20.4. The van der Waals surface area contributed by atoms with Crippen molar-refractivity contribution in [1.82, 2.24) is 15.2 Å². The predicted molar refractivity (Wildman–Crippen MR) is 127 cm³/mol. The van der Waals surface area contributed by atoms with E-state index in [4.69, 9.17) is 21.0 Å². The number of para-hydroxylation sites is 1. The van der Waals surface area contributed by atoms with Crippen LogP contribution in [-0.4, -0.2) is 21.1 Å². The van der Waals surface area contributed by atoms with Crippen LogP contribution in [0.3, 0.4) is 0 Å². The summed E-state index contributed by atoms with van der Waals surface area (Å²) < 4.78 is 6.06. The number of furan rings is 1. The van der Waals surface area contributed by atoms with Gasteiger partial charge in [-0.2, -0.15) is 0 Å². The zero-order valence-corrected chi connectivity index (χ0v) is 18.6. The number of aromatic nitrogens is 3. The van der Waals surface area contributed by atoms with Crippen molar-refractivity contribution in [2.24, 2.45) is 0 Å². The number of pyridine rings is 1. The second-order valence-electron chi connectivity index (χ2n) is 7.02. The number of anilines is 1. The van der Waals surface area contributed by atoms with Gasteiger partial charge in [0.25, 0.3) is 5.91 Å². The molecule has 0 radical (unpaired) electrons. The summed E-state index contributed by atoms with van der Waals surface area (Å²) in [5, 5.41) is 13.6. The van der Waals surface area contributed by atoms with E-state index in [0.717, 1.165) is 22.4 Å². The third-order valence-electron chi connectivity index (χ3n) is 4.95. The Morgan fingerprint density at radius 3 is 2.62 bits per heavy atom. The highest BCUT2D eigenvalue weighted by molar-refractivity contribution is 7.15. The number of nitrogens with zero attached hydrogens (tertiary/aromatic N) is 3. The van der Waals surface area contributed by atoms with Gasteiger partial charge in [0.1, 0.15) is 16.5 Å². The predicted octanol–water partition coefficient (Wildman–Crippen LogP) is 6.48. The number of hydrogen-bond donors (Lipinski definition) is 1. The van der Waals surface area contributed by atoms with Crippen LogP contribution in [0.15, 0.2) is 71.1 Å². The molecule has 0 saturated heterocycles. The largest absolute Gasteiger partial charge is 0.454 e. The molecular formula is C24H17ClN4O2S. The lowest BCUT2D eigenvalue weighted by Gasteiger charge is -2.08. The number of halogens is 1. The van der Waals surface area contributed by atoms with Gasteiger partial charge in [-0.05, 0) is 42.8 Å². The highest BCUT2D eigenvalue weighted by Gasteiger charge is 2.18. The number of amides is 1. The van der Waals surface area contributed by atoms with Gasteiger partial charge in [0.05, 0.1) is 16.1 Å². The molecule has 3 aromatic heterocycles. The lowest BCUT2D eigenvalue weighted by atomic mass is 10.1. The van der Waals surface area contributed by atoms with Crippen LogP contribution in [0, 0.1) is 0 Å². The molecule has 0 bridgehead atoms. The van der Waals surface area contributed by atoms with Crippen molar-refractivity contribution >= 4 is 44.9 Å². The number of rotatable bonds is 5. The lowest BCUT2D eigenvalue weighted by Crippen LogP contribution is -2.13. The van der Waals surface area contributed by atoms with E-state index < -0.39 is 0 Å². The quantitative estimate of drug-likeness (QED) is 0.324. The van der Waals surface area contributed by atoms with Crippen molar-refractivity contribution in [3.05, 3.63) is 82.3 Å². The highest BCUT2D eigenvalue weighted by Crippen LogP contribution is 2.33. The first-order chi connectivity index (χ1) is 15.6. The molecule has 3 heterocycles. The molecule has 6 nitrogen and oxygen atoms in total. The highest BCUT2D eigenvalue weighted by atomic mass is 35.5. The Morgan fingerprint density at radius 1 is 1.03 bits per heavy atom. The molecular weight excluding hydrogens is 444 g/mol. The summed E-state index contributed by atoms with van der Waals surface area (Å²) in [5.74, 6) is 0.901. The molecule has 5 aromatic rings. The zero-order valence-electron chi connectivity index (χ0n) is 17.0. The first kappa shape index (κ1) is 20.4. The third kappa shape index (κ3) is 3.88. The van der Waals surface area contributed by atoms with Gasteiger partial charge >= 0.3 is 0 Å². The maximum Gasteiger partial charge on any atom is 0.258 e. The minimum absolute atomic E-state index is 0.276. The van der Waals surface area contributed by atoms with Crippen molar-refractivity contribution < 1.29 is 9.21 Å². The zero-order chi connectivity index (χ0) is 22.1.